The average molecular weight is 237 g/mol. The maximum atomic E-state index is 4.55. The van der Waals surface area contributed by atoms with Crippen molar-refractivity contribution in [1.82, 2.24) is 9.55 Å². The van der Waals surface area contributed by atoms with E-state index in [2.05, 4.69) is 55.7 Å². The van der Waals surface area contributed by atoms with Gasteiger partial charge in [0.05, 0.1) is 5.69 Å². The number of imidazole rings is 1. The van der Waals surface area contributed by atoms with E-state index in [9.17, 15) is 0 Å². The molecular formula is C14H27N3. The van der Waals surface area contributed by atoms with E-state index in [0.717, 1.165) is 30.5 Å². The van der Waals surface area contributed by atoms with Crippen molar-refractivity contribution in [2.75, 3.05) is 11.9 Å². The highest BCUT2D eigenvalue weighted by atomic mass is 15.2. The summed E-state index contributed by atoms with van der Waals surface area (Å²) in [6, 6.07) is 0.519. The van der Waals surface area contributed by atoms with Crippen LogP contribution < -0.4 is 5.32 Å². The highest BCUT2D eigenvalue weighted by molar-refractivity contribution is 5.29. The lowest BCUT2D eigenvalue weighted by molar-refractivity contribution is 0.400. The third-order valence-electron chi connectivity index (χ3n) is 3.30. The molecule has 0 fully saturated rings. The molecule has 0 amide bonds. The van der Waals surface area contributed by atoms with Crippen molar-refractivity contribution >= 4 is 5.95 Å². The maximum absolute atomic E-state index is 4.55. The highest BCUT2D eigenvalue weighted by Gasteiger charge is 2.13. The molecule has 0 radical (unpaired) electrons. The summed E-state index contributed by atoms with van der Waals surface area (Å²) in [6.45, 7) is 12.1. The number of nitrogens with zero attached hydrogens (tertiary/aromatic N) is 2. The molecule has 0 saturated heterocycles. The van der Waals surface area contributed by atoms with E-state index in [1.54, 1.807) is 0 Å². The quantitative estimate of drug-likeness (QED) is 0.776. The second-order valence-electron chi connectivity index (χ2n) is 5.14. The first-order valence-electron chi connectivity index (χ1n) is 6.87. The van der Waals surface area contributed by atoms with E-state index >= 15 is 0 Å². The SMILES string of the molecule is CCCNc1nc(C)cn1C(C)CC(C)CC. The van der Waals surface area contributed by atoms with Crippen LogP contribution in [-0.2, 0) is 0 Å². The van der Waals surface area contributed by atoms with Crippen LogP contribution in [0.3, 0.4) is 0 Å². The molecule has 0 aliphatic carbocycles. The molecule has 2 unspecified atom stereocenters. The minimum atomic E-state index is 0.519. The summed E-state index contributed by atoms with van der Waals surface area (Å²) in [6.07, 6.45) is 5.75. The molecule has 1 aromatic heterocycles. The summed E-state index contributed by atoms with van der Waals surface area (Å²) < 4.78 is 2.29. The number of anilines is 1. The summed E-state index contributed by atoms with van der Waals surface area (Å²) in [5.41, 5.74) is 1.10. The van der Waals surface area contributed by atoms with Crippen molar-refractivity contribution in [3.63, 3.8) is 0 Å². The van der Waals surface area contributed by atoms with Gasteiger partial charge in [0.2, 0.25) is 5.95 Å². The largest absolute Gasteiger partial charge is 0.356 e. The van der Waals surface area contributed by atoms with Gasteiger partial charge in [0.15, 0.2) is 0 Å². The second-order valence-corrected chi connectivity index (χ2v) is 5.14. The first-order chi connectivity index (χ1) is 8.08. The van der Waals surface area contributed by atoms with Crippen molar-refractivity contribution in [3.05, 3.63) is 11.9 Å². The van der Waals surface area contributed by atoms with E-state index in [0.29, 0.717) is 6.04 Å². The average Bonchev–Trinajstić information content (AvgIpc) is 2.67. The molecule has 0 saturated carbocycles. The van der Waals surface area contributed by atoms with Crippen molar-refractivity contribution < 1.29 is 0 Å². The van der Waals surface area contributed by atoms with Crippen LogP contribution in [0.25, 0.3) is 0 Å². The zero-order valence-electron chi connectivity index (χ0n) is 12.0. The Bertz CT molecular complexity index is 330. The number of aromatic nitrogens is 2. The number of hydrogen-bond donors (Lipinski definition) is 1. The first-order valence-corrected chi connectivity index (χ1v) is 6.87. The Labute approximate surface area is 106 Å². The molecule has 1 heterocycles. The summed E-state index contributed by atoms with van der Waals surface area (Å²) >= 11 is 0. The van der Waals surface area contributed by atoms with Gasteiger partial charge >= 0.3 is 0 Å². The molecule has 1 N–H and O–H groups in total. The Morgan fingerprint density at radius 3 is 2.65 bits per heavy atom. The predicted molar refractivity (Wildman–Crippen MR) is 74.5 cm³/mol. The topological polar surface area (TPSA) is 29.9 Å². The van der Waals surface area contributed by atoms with Crippen LogP contribution >= 0.6 is 0 Å². The molecule has 0 spiro atoms. The van der Waals surface area contributed by atoms with Gasteiger partial charge < -0.3 is 9.88 Å². The Morgan fingerprint density at radius 2 is 2.06 bits per heavy atom. The van der Waals surface area contributed by atoms with Gasteiger partial charge in [-0.05, 0) is 32.6 Å². The lowest BCUT2D eigenvalue weighted by Gasteiger charge is -2.19. The van der Waals surface area contributed by atoms with Crippen LogP contribution in [0.2, 0.25) is 0 Å². The van der Waals surface area contributed by atoms with Gasteiger partial charge in [0, 0.05) is 18.8 Å². The van der Waals surface area contributed by atoms with E-state index in [1.165, 1.54) is 12.8 Å². The second kappa shape index (κ2) is 6.67. The van der Waals surface area contributed by atoms with Gasteiger partial charge in [-0.1, -0.05) is 27.2 Å². The van der Waals surface area contributed by atoms with Crippen molar-refractivity contribution in [3.8, 4) is 0 Å². The molecule has 0 aliphatic heterocycles. The zero-order valence-corrected chi connectivity index (χ0v) is 12.0. The summed E-state index contributed by atoms with van der Waals surface area (Å²) in [4.78, 5) is 4.55. The minimum Gasteiger partial charge on any atom is -0.356 e. The number of nitrogens with one attached hydrogen (secondary N) is 1. The summed E-state index contributed by atoms with van der Waals surface area (Å²) in [5.74, 6) is 1.80. The fourth-order valence-electron chi connectivity index (χ4n) is 2.08. The lowest BCUT2D eigenvalue weighted by Crippen LogP contribution is -2.13. The van der Waals surface area contributed by atoms with Gasteiger partial charge in [-0.3, -0.25) is 0 Å². The number of hydrogen-bond acceptors (Lipinski definition) is 2. The molecule has 0 aromatic carbocycles. The monoisotopic (exact) mass is 237 g/mol. The molecule has 0 bridgehead atoms. The van der Waals surface area contributed by atoms with Gasteiger partial charge in [0.1, 0.15) is 0 Å². The highest BCUT2D eigenvalue weighted by Crippen LogP contribution is 2.23. The van der Waals surface area contributed by atoms with Gasteiger partial charge in [-0.25, -0.2) is 4.98 Å². The number of aryl methyl sites for hydroxylation is 1. The first kappa shape index (κ1) is 14.1. The molecule has 17 heavy (non-hydrogen) atoms. The Hall–Kier alpha value is -0.990. The van der Waals surface area contributed by atoms with Gasteiger partial charge in [-0.2, -0.15) is 0 Å². The van der Waals surface area contributed by atoms with Crippen LogP contribution in [0.1, 0.15) is 58.7 Å². The van der Waals surface area contributed by atoms with Gasteiger partial charge in [-0.15, -0.1) is 0 Å². The third kappa shape index (κ3) is 4.06. The molecule has 1 rings (SSSR count). The molecule has 3 heteroatoms. The fourth-order valence-corrected chi connectivity index (χ4v) is 2.08. The van der Waals surface area contributed by atoms with E-state index in [4.69, 9.17) is 0 Å². The van der Waals surface area contributed by atoms with Crippen LogP contribution in [0.15, 0.2) is 6.20 Å². The Morgan fingerprint density at radius 1 is 1.35 bits per heavy atom. The molecule has 98 valence electrons. The van der Waals surface area contributed by atoms with E-state index in [-0.39, 0.29) is 0 Å². The fraction of sp³-hybridized carbons (Fsp3) is 0.786. The molecule has 0 aliphatic rings. The third-order valence-corrected chi connectivity index (χ3v) is 3.30. The van der Waals surface area contributed by atoms with Crippen LogP contribution in [0.4, 0.5) is 5.95 Å². The smallest absolute Gasteiger partial charge is 0.203 e. The molecular weight excluding hydrogens is 210 g/mol. The van der Waals surface area contributed by atoms with E-state index < -0.39 is 0 Å². The standard InChI is InChI=1S/C14H27N3/c1-6-8-15-14-16-12(4)10-17(14)13(5)9-11(3)7-2/h10-11,13H,6-9H2,1-5H3,(H,15,16). The van der Waals surface area contributed by atoms with Crippen LogP contribution in [0.5, 0.6) is 0 Å². The van der Waals surface area contributed by atoms with E-state index in [1.807, 2.05) is 0 Å². The van der Waals surface area contributed by atoms with Crippen molar-refractivity contribution in [2.24, 2.45) is 5.92 Å². The normalized spacial score (nSPS) is 14.6. The molecule has 1 aromatic rings. The number of rotatable bonds is 7. The van der Waals surface area contributed by atoms with Gasteiger partial charge in [0.25, 0.3) is 0 Å². The van der Waals surface area contributed by atoms with Crippen molar-refractivity contribution in [1.29, 1.82) is 0 Å². The lowest BCUT2D eigenvalue weighted by atomic mass is 10.0. The minimum absolute atomic E-state index is 0.519. The van der Waals surface area contributed by atoms with Crippen molar-refractivity contribution in [2.45, 2.75) is 59.9 Å². The van der Waals surface area contributed by atoms with Crippen LogP contribution in [-0.4, -0.2) is 16.1 Å². The molecule has 2 atom stereocenters. The maximum Gasteiger partial charge on any atom is 0.203 e. The Kier molecular flexibility index (Phi) is 5.52. The zero-order chi connectivity index (χ0) is 12.8. The molecule has 3 nitrogen and oxygen atoms in total. The summed E-state index contributed by atoms with van der Waals surface area (Å²) in [7, 11) is 0. The predicted octanol–water partition coefficient (Wildman–Crippen LogP) is 4.01. The van der Waals surface area contributed by atoms with Crippen LogP contribution in [0, 0.1) is 12.8 Å². The Balaban J connectivity index is 2.73. The summed E-state index contributed by atoms with van der Waals surface area (Å²) in [5, 5.41) is 3.41.